The highest BCUT2D eigenvalue weighted by atomic mass is 32.2. The molecule has 2 aromatic carbocycles. The maximum absolute atomic E-state index is 12.0. The number of esters is 1. The second kappa shape index (κ2) is 6.40. The predicted octanol–water partition coefficient (Wildman–Crippen LogP) is 2.99. The molecule has 25 heavy (non-hydrogen) atoms. The first-order valence-corrected chi connectivity index (χ1v) is 9.57. The standard InChI is InChI=1S/C18H18O6S/c1-11-8-15-16(18(19)22-2)9-13(10-17(15)23-11)24-12-4-6-14(7-5-12)25(3,20)21/h4-7,9-11H,8H2,1-3H3. The SMILES string of the molecule is COC(=O)c1cc(Oc2ccc(S(C)(=O)=O)cc2)cc2c1CC(C)O2. The van der Waals surface area contributed by atoms with E-state index in [-0.39, 0.29) is 11.0 Å². The first-order valence-electron chi connectivity index (χ1n) is 7.68. The van der Waals surface area contributed by atoms with E-state index in [0.29, 0.717) is 29.2 Å². The predicted molar refractivity (Wildman–Crippen MR) is 91.2 cm³/mol. The Morgan fingerprint density at radius 2 is 1.84 bits per heavy atom. The Balaban J connectivity index is 1.93. The summed E-state index contributed by atoms with van der Waals surface area (Å²) in [5, 5.41) is 0. The fraction of sp³-hybridized carbons (Fsp3) is 0.278. The van der Waals surface area contributed by atoms with Gasteiger partial charge in [-0.15, -0.1) is 0 Å². The number of carbonyl (C=O) groups excluding carboxylic acids is 1. The number of sulfone groups is 1. The number of hydrogen-bond acceptors (Lipinski definition) is 6. The van der Waals surface area contributed by atoms with Gasteiger partial charge in [0.05, 0.1) is 17.6 Å². The second-order valence-electron chi connectivity index (χ2n) is 5.92. The second-order valence-corrected chi connectivity index (χ2v) is 7.93. The Hall–Kier alpha value is -2.54. The van der Waals surface area contributed by atoms with Crippen LogP contribution in [-0.2, 0) is 21.0 Å². The average Bonchev–Trinajstić information content (AvgIpc) is 2.93. The molecule has 0 fully saturated rings. The van der Waals surface area contributed by atoms with E-state index in [1.54, 1.807) is 24.3 Å². The number of carbonyl (C=O) groups is 1. The lowest BCUT2D eigenvalue weighted by Crippen LogP contribution is -2.07. The van der Waals surface area contributed by atoms with Crippen molar-refractivity contribution in [2.75, 3.05) is 13.4 Å². The molecule has 7 heteroatoms. The van der Waals surface area contributed by atoms with Crippen LogP contribution in [0.1, 0.15) is 22.8 Å². The largest absolute Gasteiger partial charge is 0.490 e. The Bertz CT molecular complexity index is 915. The van der Waals surface area contributed by atoms with Gasteiger partial charge in [-0.05, 0) is 37.3 Å². The minimum Gasteiger partial charge on any atom is -0.490 e. The molecule has 0 spiro atoms. The molecule has 1 heterocycles. The van der Waals surface area contributed by atoms with Crippen LogP contribution in [0.15, 0.2) is 41.3 Å². The summed E-state index contributed by atoms with van der Waals surface area (Å²) in [5.41, 5.74) is 1.21. The molecule has 3 rings (SSSR count). The summed E-state index contributed by atoms with van der Waals surface area (Å²) in [4.78, 5) is 12.2. The topological polar surface area (TPSA) is 78.9 Å². The zero-order valence-corrected chi connectivity index (χ0v) is 14.9. The van der Waals surface area contributed by atoms with Crippen LogP contribution in [-0.4, -0.2) is 33.9 Å². The third kappa shape index (κ3) is 3.61. The highest BCUT2D eigenvalue weighted by Crippen LogP contribution is 2.37. The fourth-order valence-electron chi connectivity index (χ4n) is 2.72. The lowest BCUT2D eigenvalue weighted by Gasteiger charge is -2.11. The molecule has 0 aromatic heterocycles. The van der Waals surface area contributed by atoms with E-state index in [9.17, 15) is 13.2 Å². The molecule has 0 N–H and O–H groups in total. The highest BCUT2D eigenvalue weighted by molar-refractivity contribution is 7.90. The van der Waals surface area contributed by atoms with Crippen molar-refractivity contribution in [3.05, 3.63) is 47.5 Å². The van der Waals surface area contributed by atoms with Crippen LogP contribution >= 0.6 is 0 Å². The first-order chi connectivity index (χ1) is 11.8. The molecule has 6 nitrogen and oxygen atoms in total. The summed E-state index contributed by atoms with van der Waals surface area (Å²) < 4.78 is 39.3. The molecule has 1 aliphatic rings. The van der Waals surface area contributed by atoms with Crippen molar-refractivity contribution >= 4 is 15.8 Å². The van der Waals surface area contributed by atoms with Crippen molar-refractivity contribution in [2.45, 2.75) is 24.3 Å². The molecule has 1 aliphatic heterocycles. The summed E-state index contributed by atoms with van der Waals surface area (Å²) >= 11 is 0. The number of hydrogen-bond donors (Lipinski definition) is 0. The zero-order valence-electron chi connectivity index (χ0n) is 14.1. The molecule has 0 aliphatic carbocycles. The van der Waals surface area contributed by atoms with Crippen LogP contribution in [0.5, 0.6) is 17.2 Å². The Kier molecular flexibility index (Phi) is 4.43. The van der Waals surface area contributed by atoms with Gasteiger partial charge in [0, 0.05) is 24.3 Å². The van der Waals surface area contributed by atoms with Gasteiger partial charge < -0.3 is 14.2 Å². The van der Waals surface area contributed by atoms with E-state index in [0.717, 1.165) is 11.8 Å². The summed E-state index contributed by atoms with van der Waals surface area (Å²) in [6.45, 7) is 1.92. The molecule has 0 bridgehead atoms. The molecular weight excluding hydrogens is 344 g/mol. The number of methoxy groups -OCH3 is 1. The van der Waals surface area contributed by atoms with Crippen molar-refractivity contribution < 1.29 is 27.4 Å². The summed E-state index contributed by atoms with van der Waals surface area (Å²) in [6.07, 6.45) is 1.75. The molecule has 0 amide bonds. The van der Waals surface area contributed by atoms with Crippen LogP contribution < -0.4 is 9.47 Å². The van der Waals surface area contributed by atoms with E-state index in [1.807, 2.05) is 6.92 Å². The van der Waals surface area contributed by atoms with Crippen molar-refractivity contribution in [3.63, 3.8) is 0 Å². The summed E-state index contributed by atoms with van der Waals surface area (Å²) in [5.74, 6) is 1.01. The lowest BCUT2D eigenvalue weighted by atomic mass is 10.0. The smallest absolute Gasteiger partial charge is 0.338 e. The van der Waals surface area contributed by atoms with Crippen molar-refractivity contribution in [1.29, 1.82) is 0 Å². The molecular formula is C18H18O6S. The fourth-order valence-corrected chi connectivity index (χ4v) is 3.35. The van der Waals surface area contributed by atoms with Crippen LogP contribution in [0.2, 0.25) is 0 Å². The number of ether oxygens (including phenoxy) is 3. The molecule has 0 saturated heterocycles. The normalized spacial score (nSPS) is 16.0. The molecule has 1 atom stereocenters. The minimum absolute atomic E-state index is 0.0253. The van der Waals surface area contributed by atoms with Gasteiger partial charge in [-0.3, -0.25) is 0 Å². The van der Waals surface area contributed by atoms with E-state index < -0.39 is 15.8 Å². The number of benzene rings is 2. The van der Waals surface area contributed by atoms with E-state index in [1.165, 1.54) is 19.2 Å². The average molecular weight is 362 g/mol. The van der Waals surface area contributed by atoms with Crippen LogP contribution in [0.4, 0.5) is 0 Å². The van der Waals surface area contributed by atoms with E-state index in [4.69, 9.17) is 14.2 Å². The third-order valence-corrected chi connectivity index (χ3v) is 5.02. The Morgan fingerprint density at radius 3 is 2.44 bits per heavy atom. The maximum atomic E-state index is 12.0. The van der Waals surface area contributed by atoms with Gasteiger partial charge in [0.25, 0.3) is 0 Å². The molecule has 132 valence electrons. The van der Waals surface area contributed by atoms with Crippen molar-refractivity contribution in [2.24, 2.45) is 0 Å². The molecule has 0 saturated carbocycles. The van der Waals surface area contributed by atoms with E-state index in [2.05, 4.69) is 0 Å². The summed E-state index contributed by atoms with van der Waals surface area (Å²) in [6, 6.07) is 9.39. The van der Waals surface area contributed by atoms with E-state index >= 15 is 0 Å². The van der Waals surface area contributed by atoms with Gasteiger partial charge in [0.1, 0.15) is 23.4 Å². The monoisotopic (exact) mass is 362 g/mol. The Labute approximate surface area is 146 Å². The van der Waals surface area contributed by atoms with Crippen molar-refractivity contribution in [1.82, 2.24) is 0 Å². The van der Waals surface area contributed by atoms with Gasteiger partial charge in [0.2, 0.25) is 0 Å². The lowest BCUT2D eigenvalue weighted by molar-refractivity contribution is 0.0599. The van der Waals surface area contributed by atoms with Gasteiger partial charge in [-0.25, -0.2) is 13.2 Å². The molecule has 0 radical (unpaired) electrons. The molecule has 1 unspecified atom stereocenters. The first kappa shape index (κ1) is 17.3. The highest BCUT2D eigenvalue weighted by Gasteiger charge is 2.27. The number of fused-ring (bicyclic) bond motifs is 1. The Morgan fingerprint density at radius 1 is 1.16 bits per heavy atom. The third-order valence-electron chi connectivity index (χ3n) is 3.90. The van der Waals surface area contributed by atoms with Gasteiger partial charge in [-0.1, -0.05) is 0 Å². The van der Waals surface area contributed by atoms with Gasteiger partial charge in [-0.2, -0.15) is 0 Å². The van der Waals surface area contributed by atoms with Crippen LogP contribution in [0.25, 0.3) is 0 Å². The molecule has 2 aromatic rings. The van der Waals surface area contributed by atoms with Gasteiger partial charge >= 0.3 is 5.97 Å². The quantitative estimate of drug-likeness (QED) is 0.778. The van der Waals surface area contributed by atoms with Crippen LogP contribution in [0, 0.1) is 0 Å². The van der Waals surface area contributed by atoms with Gasteiger partial charge in [0.15, 0.2) is 9.84 Å². The summed E-state index contributed by atoms with van der Waals surface area (Å²) in [7, 11) is -1.94. The minimum atomic E-state index is -3.26. The number of rotatable bonds is 4. The maximum Gasteiger partial charge on any atom is 0.338 e. The zero-order chi connectivity index (χ0) is 18.2. The van der Waals surface area contributed by atoms with Crippen LogP contribution in [0.3, 0.4) is 0 Å². The van der Waals surface area contributed by atoms with Crippen molar-refractivity contribution in [3.8, 4) is 17.2 Å².